The van der Waals surface area contributed by atoms with Crippen LogP contribution < -0.4 is 10.6 Å². The van der Waals surface area contributed by atoms with Crippen LogP contribution in [0.3, 0.4) is 0 Å². The number of carbonyl (C=O) groups excluding carboxylic acids is 1. The molecular formula is C21H24ClN3O. The van der Waals surface area contributed by atoms with Crippen molar-refractivity contribution < 1.29 is 4.79 Å². The summed E-state index contributed by atoms with van der Waals surface area (Å²) in [5, 5.41) is 6.97. The van der Waals surface area contributed by atoms with Crippen molar-refractivity contribution in [2.75, 3.05) is 11.9 Å². The zero-order valence-electron chi connectivity index (χ0n) is 15.0. The third-order valence-corrected chi connectivity index (χ3v) is 5.07. The molecule has 0 bridgehead atoms. The van der Waals surface area contributed by atoms with E-state index >= 15 is 0 Å². The molecule has 1 aliphatic rings. The number of halogens is 1. The molecule has 0 fully saturated rings. The lowest BCUT2D eigenvalue weighted by molar-refractivity contribution is 0.0953. The Kier molecular flexibility index (Phi) is 6.29. The molecule has 1 aromatic heterocycles. The van der Waals surface area contributed by atoms with E-state index in [9.17, 15) is 4.79 Å². The van der Waals surface area contributed by atoms with Crippen LogP contribution in [-0.2, 0) is 0 Å². The summed E-state index contributed by atoms with van der Waals surface area (Å²) >= 11 is 6.16. The molecule has 2 N–H and O–H groups in total. The molecule has 0 unspecified atom stereocenters. The van der Waals surface area contributed by atoms with Crippen LogP contribution in [-0.4, -0.2) is 17.4 Å². The molecule has 26 heavy (non-hydrogen) atoms. The number of allylic oxidation sites excluding steroid dienone is 1. The first-order valence-corrected chi connectivity index (χ1v) is 9.44. The highest BCUT2D eigenvalue weighted by molar-refractivity contribution is 6.31. The van der Waals surface area contributed by atoms with E-state index in [1.54, 1.807) is 12.4 Å². The smallest absolute Gasteiger partial charge is 0.252 e. The first-order valence-electron chi connectivity index (χ1n) is 9.07. The van der Waals surface area contributed by atoms with E-state index in [0.29, 0.717) is 17.1 Å². The second kappa shape index (κ2) is 8.86. The Morgan fingerprint density at radius 1 is 1.27 bits per heavy atom. The molecule has 0 radical (unpaired) electrons. The molecule has 0 saturated heterocycles. The van der Waals surface area contributed by atoms with Crippen LogP contribution in [0.25, 0.3) is 0 Å². The number of anilines is 2. The third kappa shape index (κ3) is 4.85. The van der Waals surface area contributed by atoms with Crippen molar-refractivity contribution in [3.8, 4) is 0 Å². The van der Waals surface area contributed by atoms with Crippen LogP contribution in [0.5, 0.6) is 0 Å². The van der Waals surface area contributed by atoms with Crippen LogP contribution in [0.2, 0.25) is 5.02 Å². The zero-order valence-corrected chi connectivity index (χ0v) is 15.8. The number of pyridine rings is 1. The van der Waals surface area contributed by atoms with Crippen molar-refractivity contribution in [1.29, 1.82) is 0 Å². The average molecular weight is 370 g/mol. The highest BCUT2D eigenvalue weighted by Crippen LogP contribution is 2.26. The summed E-state index contributed by atoms with van der Waals surface area (Å²) in [7, 11) is 0. The van der Waals surface area contributed by atoms with Crippen molar-refractivity contribution in [3.63, 3.8) is 0 Å². The zero-order chi connectivity index (χ0) is 18.4. The van der Waals surface area contributed by atoms with Crippen LogP contribution >= 0.6 is 11.6 Å². The number of hydrogen-bond acceptors (Lipinski definition) is 3. The summed E-state index contributed by atoms with van der Waals surface area (Å²) in [5.41, 5.74) is 4.64. The fourth-order valence-corrected chi connectivity index (χ4v) is 3.28. The summed E-state index contributed by atoms with van der Waals surface area (Å²) in [4.78, 5) is 16.6. The van der Waals surface area contributed by atoms with Crippen molar-refractivity contribution in [1.82, 2.24) is 10.3 Å². The number of nitrogens with zero attached hydrogens (tertiary/aromatic N) is 1. The average Bonchev–Trinajstić information content (AvgIpc) is 2.66. The second-order valence-corrected chi connectivity index (χ2v) is 7.02. The number of carbonyl (C=O) groups is 1. The van der Waals surface area contributed by atoms with Gasteiger partial charge in [-0.15, -0.1) is 0 Å². The largest absolute Gasteiger partial charge is 0.354 e. The summed E-state index contributed by atoms with van der Waals surface area (Å²) in [6.45, 7) is 2.62. The minimum Gasteiger partial charge on any atom is -0.354 e. The van der Waals surface area contributed by atoms with Gasteiger partial charge in [-0.3, -0.25) is 9.78 Å². The molecule has 4 nitrogen and oxygen atoms in total. The van der Waals surface area contributed by atoms with Gasteiger partial charge in [0, 0.05) is 23.5 Å². The van der Waals surface area contributed by atoms with Crippen LogP contribution in [0, 0.1) is 6.92 Å². The van der Waals surface area contributed by atoms with E-state index in [2.05, 4.69) is 21.7 Å². The van der Waals surface area contributed by atoms with Gasteiger partial charge in [-0.25, -0.2) is 0 Å². The van der Waals surface area contributed by atoms with Gasteiger partial charge in [-0.2, -0.15) is 0 Å². The van der Waals surface area contributed by atoms with Gasteiger partial charge in [-0.1, -0.05) is 29.3 Å². The monoisotopic (exact) mass is 369 g/mol. The van der Waals surface area contributed by atoms with Gasteiger partial charge in [0.2, 0.25) is 0 Å². The molecular weight excluding hydrogens is 346 g/mol. The molecule has 1 amide bonds. The summed E-state index contributed by atoms with van der Waals surface area (Å²) in [6, 6.07) is 7.50. The Balaban J connectivity index is 1.60. The molecule has 0 spiro atoms. The van der Waals surface area contributed by atoms with Gasteiger partial charge in [0.15, 0.2) is 0 Å². The standard InChI is InChI=1S/C21H24ClN3O/c1-15-19(22)8-5-9-20(15)25-18-12-17(13-23-14-18)21(26)24-11-10-16-6-3-2-4-7-16/h5-6,8-9,12-14,25H,2-4,7,10-11H2,1H3,(H,24,26). The van der Waals surface area contributed by atoms with Gasteiger partial charge in [-0.05, 0) is 62.8 Å². The number of hydrogen-bond donors (Lipinski definition) is 2. The first kappa shape index (κ1) is 18.5. The van der Waals surface area contributed by atoms with Gasteiger partial charge in [0.1, 0.15) is 0 Å². The Labute approximate surface area is 159 Å². The predicted molar refractivity (Wildman–Crippen MR) is 107 cm³/mol. The molecule has 5 heteroatoms. The third-order valence-electron chi connectivity index (χ3n) is 4.66. The molecule has 0 aliphatic heterocycles. The SMILES string of the molecule is Cc1c(Cl)cccc1Nc1cncc(C(=O)NCCC2=CCCCC2)c1. The molecule has 2 aromatic rings. The molecule has 0 saturated carbocycles. The van der Waals surface area contributed by atoms with Crippen molar-refractivity contribution >= 4 is 28.9 Å². The van der Waals surface area contributed by atoms with Crippen LogP contribution in [0.1, 0.15) is 48.0 Å². The van der Waals surface area contributed by atoms with Gasteiger partial charge in [0.05, 0.1) is 17.4 Å². The topological polar surface area (TPSA) is 54.0 Å². The molecule has 0 atom stereocenters. The fraction of sp³-hybridized carbons (Fsp3) is 0.333. The Morgan fingerprint density at radius 3 is 2.96 bits per heavy atom. The summed E-state index contributed by atoms with van der Waals surface area (Å²) < 4.78 is 0. The van der Waals surface area contributed by atoms with E-state index in [0.717, 1.165) is 29.8 Å². The number of amides is 1. The Morgan fingerprint density at radius 2 is 2.15 bits per heavy atom. The molecule has 1 aliphatic carbocycles. The highest BCUT2D eigenvalue weighted by atomic mass is 35.5. The highest BCUT2D eigenvalue weighted by Gasteiger charge is 2.09. The van der Waals surface area contributed by atoms with E-state index < -0.39 is 0 Å². The lowest BCUT2D eigenvalue weighted by Crippen LogP contribution is -2.25. The van der Waals surface area contributed by atoms with Gasteiger partial charge in [0.25, 0.3) is 5.91 Å². The maximum atomic E-state index is 12.4. The quantitative estimate of drug-likeness (QED) is 0.669. The summed E-state index contributed by atoms with van der Waals surface area (Å²) in [6.07, 6.45) is 11.4. The number of aromatic nitrogens is 1. The van der Waals surface area contributed by atoms with E-state index in [1.165, 1.54) is 24.8 Å². The van der Waals surface area contributed by atoms with E-state index in [-0.39, 0.29) is 5.91 Å². The normalized spacial score (nSPS) is 13.8. The van der Waals surface area contributed by atoms with Crippen LogP contribution in [0.4, 0.5) is 11.4 Å². The lowest BCUT2D eigenvalue weighted by atomic mass is 9.97. The summed E-state index contributed by atoms with van der Waals surface area (Å²) in [5.74, 6) is -0.0969. The first-order chi connectivity index (χ1) is 12.6. The van der Waals surface area contributed by atoms with Gasteiger partial charge >= 0.3 is 0 Å². The molecule has 1 aromatic carbocycles. The number of rotatable bonds is 6. The number of benzene rings is 1. The molecule has 1 heterocycles. The van der Waals surface area contributed by atoms with Crippen LogP contribution in [0.15, 0.2) is 48.3 Å². The minimum atomic E-state index is -0.0969. The number of nitrogens with one attached hydrogen (secondary N) is 2. The van der Waals surface area contributed by atoms with Crippen molar-refractivity contribution in [3.05, 3.63) is 64.5 Å². The maximum Gasteiger partial charge on any atom is 0.252 e. The second-order valence-electron chi connectivity index (χ2n) is 6.61. The molecule has 136 valence electrons. The maximum absolute atomic E-state index is 12.4. The van der Waals surface area contributed by atoms with E-state index in [4.69, 9.17) is 11.6 Å². The Bertz CT molecular complexity index is 817. The van der Waals surface area contributed by atoms with Gasteiger partial charge < -0.3 is 10.6 Å². The minimum absolute atomic E-state index is 0.0969. The van der Waals surface area contributed by atoms with E-state index in [1.807, 2.05) is 31.2 Å². The predicted octanol–water partition coefficient (Wildman–Crippen LogP) is 5.41. The fourth-order valence-electron chi connectivity index (χ4n) is 3.10. The lowest BCUT2D eigenvalue weighted by Gasteiger charge is -2.13. The Hall–Kier alpha value is -2.33. The van der Waals surface area contributed by atoms with Crippen molar-refractivity contribution in [2.24, 2.45) is 0 Å². The molecule has 3 rings (SSSR count). The van der Waals surface area contributed by atoms with Crippen molar-refractivity contribution in [2.45, 2.75) is 39.0 Å².